The number of nitrogens with zero attached hydrogens (tertiary/aromatic N) is 1. The first kappa shape index (κ1) is 11.7. The van der Waals surface area contributed by atoms with Crippen molar-refractivity contribution >= 4 is 6.21 Å². The first-order chi connectivity index (χ1) is 8.34. The third kappa shape index (κ3) is 2.42. The van der Waals surface area contributed by atoms with Gasteiger partial charge >= 0.3 is 0 Å². The standard InChI is InChI=1S/C8H15N.C7H11N/c1-6-8-4-2-3-7(8)5-9-6;1-2-6-4-8-5-7(6)3-1/h6-9H,2-5H2,1H3;4,6-7H,1-3,5H2/t6-,7+,8-;6-,7+/m11/s1. The van der Waals surface area contributed by atoms with Crippen LogP contribution in [0, 0.1) is 23.7 Å². The molecule has 2 nitrogen and oxygen atoms in total. The smallest absolute Gasteiger partial charge is 0.0419 e. The Hall–Kier alpha value is -0.370. The lowest BCUT2D eigenvalue weighted by atomic mass is 9.95. The highest BCUT2D eigenvalue weighted by Crippen LogP contribution is 2.37. The van der Waals surface area contributed by atoms with Crippen molar-refractivity contribution in [3.8, 4) is 0 Å². The predicted molar refractivity (Wildman–Crippen MR) is 72.5 cm³/mol. The highest BCUT2D eigenvalue weighted by atomic mass is 15.0. The molecule has 0 aromatic carbocycles. The molecule has 0 aromatic rings. The molecule has 96 valence electrons. The summed E-state index contributed by atoms with van der Waals surface area (Å²) in [5, 5.41) is 3.52. The van der Waals surface area contributed by atoms with E-state index in [2.05, 4.69) is 23.4 Å². The van der Waals surface area contributed by atoms with E-state index in [0.717, 1.165) is 36.3 Å². The number of nitrogens with one attached hydrogen (secondary N) is 1. The van der Waals surface area contributed by atoms with Crippen LogP contribution in [-0.2, 0) is 0 Å². The lowest BCUT2D eigenvalue weighted by Crippen LogP contribution is -2.22. The van der Waals surface area contributed by atoms with Crippen molar-refractivity contribution < 1.29 is 0 Å². The molecule has 2 aliphatic heterocycles. The minimum atomic E-state index is 0.817. The number of hydrogen-bond donors (Lipinski definition) is 1. The summed E-state index contributed by atoms with van der Waals surface area (Å²) in [6.45, 7) is 4.76. The molecule has 5 atom stereocenters. The zero-order chi connectivity index (χ0) is 11.7. The number of aliphatic imine (C=N–C) groups is 1. The monoisotopic (exact) mass is 234 g/mol. The van der Waals surface area contributed by atoms with Gasteiger partial charge in [-0.1, -0.05) is 12.8 Å². The van der Waals surface area contributed by atoms with Gasteiger partial charge < -0.3 is 5.32 Å². The zero-order valence-electron chi connectivity index (χ0n) is 11.1. The van der Waals surface area contributed by atoms with Crippen LogP contribution in [0.4, 0.5) is 0 Å². The van der Waals surface area contributed by atoms with Crippen LogP contribution in [-0.4, -0.2) is 25.3 Å². The molecule has 1 N–H and O–H groups in total. The molecule has 0 radical (unpaired) electrons. The van der Waals surface area contributed by atoms with Crippen molar-refractivity contribution in [3.05, 3.63) is 0 Å². The highest BCUT2D eigenvalue weighted by molar-refractivity contribution is 5.64. The third-order valence-electron chi connectivity index (χ3n) is 5.42. The molecule has 4 aliphatic rings. The SMILES string of the molecule is C1=NC[C@@H]2CCC[C@H]12.C[C@H]1NC[C@@H]2CCC[C@@H]21. The Morgan fingerprint density at radius 1 is 1.06 bits per heavy atom. The van der Waals surface area contributed by atoms with Gasteiger partial charge in [0.2, 0.25) is 0 Å². The second kappa shape index (κ2) is 5.09. The minimum absolute atomic E-state index is 0.817. The normalized spacial score (nSPS) is 46.5. The quantitative estimate of drug-likeness (QED) is 0.685. The summed E-state index contributed by atoms with van der Waals surface area (Å²) < 4.78 is 0. The Labute approximate surface area is 105 Å². The van der Waals surface area contributed by atoms with Gasteiger partial charge in [-0.05, 0) is 62.8 Å². The fourth-order valence-electron chi connectivity index (χ4n) is 4.29. The summed E-state index contributed by atoms with van der Waals surface area (Å²) in [6.07, 6.45) is 10.9. The molecule has 0 unspecified atom stereocenters. The van der Waals surface area contributed by atoms with E-state index in [1.165, 1.54) is 45.1 Å². The lowest BCUT2D eigenvalue weighted by Gasteiger charge is -2.11. The summed E-state index contributed by atoms with van der Waals surface area (Å²) in [5.74, 6) is 3.91. The molecule has 2 heteroatoms. The number of hydrogen-bond acceptors (Lipinski definition) is 2. The lowest BCUT2D eigenvalue weighted by molar-refractivity contribution is 0.432. The van der Waals surface area contributed by atoms with Crippen molar-refractivity contribution in [2.45, 2.75) is 51.5 Å². The van der Waals surface area contributed by atoms with Crippen LogP contribution in [0.5, 0.6) is 0 Å². The van der Waals surface area contributed by atoms with Gasteiger partial charge in [-0.15, -0.1) is 0 Å². The highest BCUT2D eigenvalue weighted by Gasteiger charge is 2.36. The summed E-state index contributed by atoms with van der Waals surface area (Å²) in [6, 6.07) is 0.817. The summed E-state index contributed by atoms with van der Waals surface area (Å²) >= 11 is 0. The van der Waals surface area contributed by atoms with E-state index in [9.17, 15) is 0 Å². The van der Waals surface area contributed by atoms with E-state index in [1.807, 2.05) is 0 Å². The van der Waals surface area contributed by atoms with Crippen LogP contribution in [0.2, 0.25) is 0 Å². The molecule has 0 bridgehead atoms. The summed E-state index contributed by atoms with van der Waals surface area (Å²) in [4.78, 5) is 4.24. The van der Waals surface area contributed by atoms with Crippen LogP contribution in [0.15, 0.2) is 4.99 Å². The van der Waals surface area contributed by atoms with Gasteiger partial charge in [0, 0.05) is 18.8 Å². The largest absolute Gasteiger partial charge is 0.314 e. The van der Waals surface area contributed by atoms with Gasteiger partial charge in [-0.2, -0.15) is 0 Å². The van der Waals surface area contributed by atoms with Gasteiger partial charge in [-0.25, -0.2) is 0 Å². The maximum Gasteiger partial charge on any atom is 0.0419 e. The molecular formula is C15H26N2. The van der Waals surface area contributed by atoms with Crippen molar-refractivity contribution in [1.29, 1.82) is 0 Å². The second-order valence-corrected chi connectivity index (χ2v) is 6.42. The number of rotatable bonds is 0. The van der Waals surface area contributed by atoms with Gasteiger partial charge in [0.05, 0.1) is 0 Å². The zero-order valence-corrected chi connectivity index (χ0v) is 11.1. The van der Waals surface area contributed by atoms with E-state index in [4.69, 9.17) is 0 Å². The Morgan fingerprint density at radius 3 is 2.71 bits per heavy atom. The van der Waals surface area contributed by atoms with Gasteiger partial charge in [0.15, 0.2) is 0 Å². The topological polar surface area (TPSA) is 24.4 Å². The van der Waals surface area contributed by atoms with Crippen molar-refractivity contribution in [3.63, 3.8) is 0 Å². The van der Waals surface area contributed by atoms with Crippen LogP contribution in [0.3, 0.4) is 0 Å². The molecule has 2 heterocycles. The van der Waals surface area contributed by atoms with Gasteiger partial charge in [0.25, 0.3) is 0 Å². The molecule has 0 aromatic heterocycles. The first-order valence-electron chi connectivity index (χ1n) is 7.58. The van der Waals surface area contributed by atoms with Crippen LogP contribution >= 0.6 is 0 Å². The van der Waals surface area contributed by atoms with Gasteiger partial charge in [-0.3, -0.25) is 4.99 Å². The van der Waals surface area contributed by atoms with E-state index < -0.39 is 0 Å². The summed E-state index contributed by atoms with van der Waals surface area (Å²) in [7, 11) is 0. The first-order valence-corrected chi connectivity index (χ1v) is 7.58. The Morgan fingerprint density at radius 2 is 1.88 bits per heavy atom. The fourth-order valence-corrected chi connectivity index (χ4v) is 4.29. The second-order valence-electron chi connectivity index (χ2n) is 6.42. The summed E-state index contributed by atoms with van der Waals surface area (Å²) in [5.41, 5.74) is 0. The van der Waals surface area contributed by atoms with E-state index in [0.29, 0.717) is 0 Å². The van der Waals surface area contributed by atoms with Gasteiger partial charge in [0.1, 0.15) is 0 Å². The Balaban J connectivity index is 0.000000107. The molecule has 2 saturated carbocycles. The van der Waals surface area contributed by atoms with Crippen LogP contribution in [0.1, 0.15) is 45.4 Å². The van der Waals surface area contributed by atoms with E-state index in [-0.39, 0.29) is 0 Å². The van der Waals surface area contributed by atoms with E-state index >= 15 is 0 Å². The Bertz CT molecular complexity index is 287. The van der Waals surface area contributed by atoms with E-state index in [1.54, 1.807) is 0 Å². The van der Waals surface area contributed by atoms with Crippen molar-refractivity contribution in [1.82, 2.24) is 5.32 Å². The fraction of sp³-hybridized carbons (Fsp3) is 0.933. The molecule has 17 heavy (non-hydrogen) atoms. The molecule has 0 amide bonds. The third-order valence-corrected chi connectivity index (χ3v) is 5.42. The molecule has 1 saturated heterocycles. The Kier molecular flexibility index (Phi) is 3.51. The minimum Gasteiger partial charge on any atom is -0.314 e. The molecule has 0 spiro atoms. The molecule has 2 aliphatic carbocycles. The van der Waals surface area contributed by atoms with Crippen molar-refractivity contribution in [2.75, 3.05) is 13.1 Å². The predicted octanol–water partition coefficient (Wildman–Crippen LogP) is 2.88. The maximum absolute atomic E-state index is 4.24. The van der Waals surface area contributed by atoms with Crippen LogP contribution in [0.25, 0.3) is 0 Å². The number of fused-ring (bicyclic) bond motifs is 2. The van der Waals surface area contributed by atoms with Crippen molar-refractivity contribution in [2.24, 2.45) is 28.7 Å². The average Bonchev–Trinajstić information content (AvgIpc) is 3.00. The average molecular weight is 234 g/mol. The molecular weight excluding hydrogens is 208 g/mol. The van der Waals surface area contributed by atoms with Crippen LogP contribution < -0.4 is 5.32 Å². The molecule has 4 rings (SSSR count). The maximum atomic E-state index is 4.24. The molecule has 3 fully saturated rings.